The van der Waals surface area contributed by atoms with Crippen LogP contribution in [-0.4, -0.2) is 18.1 Å². The molecule has 0 fully saturated rings. The highest BCUT2D eigenvalue weighted by atomic mass is 16.5. The monoisotopic (exact) mass is 292 g/mol. The van der Waals surface area contributed by atoms with Crippen LogP contribution in [0.5, 0.6) is 0 Å². The minimum absolute atomic E-state index is 0.337. The number of fused-ring (bicyclic) bond motifs is 1. The van der Waals surface area contributed by atoms with Gasteiger partial charge in [0.15, 0.2) is 0 Å². The highest BCUT2D eigenvalue weighted by Crippen LogP contribution is 2.26. The molecule has 2 aromatic carbocycles. The Hall–Kier alpha value is -2.88. The van der Waals surface area contributed by atoms with Crippen molar-refractivity contribution in [3.05, 3.63) is 65.9 Å². The zero-order valence-electron chi connectivity index (χ0n) is 12.5. The van der Waals surface area contributed by atoms with Crippen molar-refractivity contribution in [2.75, 3.05) is 12.4 Å². The molecule has 0 aliphatic heterocycles. The number of hydrogen-bond acceptors (Lipinski definition) is 4. The van der Waals surface area contributed by atoms with E-state index in [1.165, 1.54) is 12.7 Å². The third-order valence-corrected chi connectivity index (χ3v) is 3.48. The second-order valence-corrected chi connectivity index (χ2v) is 5.07. The van der Waals surface area contributed by atoms with Crippen LogP contribution in [0, 0.1) is 6.92 Å². The number of aryl methyl sites for hydroxylation is 1. The quantitative estimate of drug-likeness (QED) is 0.739. The van der Waals surface area contributed by atoms with Gasteiger partial charge >= 0.3 is 5.97 Å². The molecule has 0 bridgehead atoms. The number of esters is 1. The van der Waals surface area contributed by atoms with Crippen LogP contribution in [0.25, 0.3) is 10.9 Å². The smallest absolute Gasteiger partial charge is 0.337 e. The summed E-state index contributed by atoms with van der Waals surface area (Å²) >= 11 is 0. The van der Waals surface area contributed by atoms with Crippen molar-refractivity contribution in [1.82, 2.24) is 4.98 Å². The highest BCUT2D eigenvalue weighted by Gasteiger charge is 2.06. The summed E-state index contributed by atoms with van der Waals surface area (Å²) in [6, 6.07) is 15.3. The van der Waals surface area contributed by atoms with Crippen LogP contribution in [0.1, 0.15) is 15.9 Å². The van der Waals surface area contributed by atoms with Gasteiger partial charge in [-0.2, -0.15) is 0 Å². The number of anilines is 2. The summed E-state index contributed by atoms with van der Waals surface area (Å²) in [6.45, 7) is 2.06. The average molecular weight is 292 g/mol. The number of benzene rings is 2. The topological polar surface area (TPSA) is 51.2 Å². The largest absolute Gasteiger partial charge is 0.465 e. The zero-order chi connectivity index (χ0) is 15.5. The molecule has 0 aliphatic carbocycles. The van der Waals surface area contributed by atoms with Gasteiger partial charge in [-0.15, -0.1) is 0 Å². The maximum Gasteiger partial charge on any atom is 0.337 e. The lowest BCUT2D eigenvalue weighted by molar-refractivity contribution is 0.0601. The lowest BCUT2D eigenvalue weighted by Gasteiger charge is -2.10. The van der Waals surface area contributed by atoms with Gasteiger partial charge in [-0.1, -0.05) is 11.6 Å². The van der Waals surface area contributed by atoms with Crippen LogP contribution < -0.4 is 5.32 Å². The summed E-state index contributed by atoms with van der Waals surface area (Å²) in [5.74, 6) is -0.337. The van der Waals surface area contributed by atoms with Gasteiger partial charge in [0.25, 0.3) is 0 Å². The van der Waals surface area contributed by atoms with Crippen LogP contribution in [0.3, 0.4) is 0 Å². The van der Waals surface area contributed by atoms with Crippen LogP contribution in [-0.2, 0) is 4.74 Å². The summed E-state index contributed by atoms with van der Waals surface area (Å²) in [7, 11) is 1.37. The van der Waals surface area contributed by atoms with E-state index in [2.05, 4.69) is 23.3 Å². The van der Waals surface area contributed by atoms with Crippen molar-refractivity contribution in [2.45, 2.75) is 6.92 Å². The Kier molecular flexibility index (Phi) is 3.74. The fourth-order valence-electron chi connectivity index (χ4n) is 2.33. The standard InChI is InChI=1S/C18H16N2O2/c1-12-3-8-16-15(11-12)17(9-10-19-16)20-14-6-4-13(5-7-14)18(21)22-2/h3-11H,1-2H3,(H,19,20). The molecule has 1 heterocycles. The summed E-state index contributed by atoms with van der Waals surface area (Å²) in [5, 5.41) is 4.44. The van der Waals surface area contributed by atoms with Crippen LogP contribution >= 0.6 is 0 Å². The lowest BCUT2D eigenvalue weighted by atomic mass is 10.1. The number of carbonyl (C=O) groups excluding carboxylic acids is 1. The number of ether oxygens (including phenoxy) is 1. The number of hydrogen-bond donors (Lipinski definition) is 1. The van der Waals surface area contributed by atoms with E-state index >= 15 is 0 Å². The van der Waals surface area contributed by atoms with E-state index in [0.29, 0.717) is 5.56 Å². The molecule has 0 amide bonds. The van der Waals surface area contributed by atoms with Gasteiger partial charge in [-0.25, -0.2) is 4.79 Å². The fourth-order valence-corrected chi connectivity index (χ4v) is 2.33. The molecule has 0 saturated heterocycles. The van der Waals surface area contributed by atoms with Crippen molar-refractivity contribution in [2.24, 2.45) is 0 Å². The maximum atomic E-state index is 11.4. The van der Waals surface area contributed by atoms with Crippen LogP contribution in [0.15, 0.2) is 54.7 Å². The zero-order valence-corrected chi connectivity index (χ0v) is 12.5. The minimum Gasteiger partial charge on any atom is -0.465 e. The molecule has 0 unspecified atom stereocenters. The minimum atomic E-state index is -0.337. The second-order valence-electron chi connectivity index (χ2n) is 5.07. The first kappa shape index (κ1) is 14.1. The van der Waals surface area contributed by atoms with E-state index in [1.54, 1.807) is 18.3 Å². The summed E-state index contributed by atoms with van der Waals surface area (Å²) in [6.07, 6.45) is 1.78. The molecule has 22 heavy (non-hydrogen) atoms. The first-order valence-corrected chi connectivity index (χ1v) is 6.98. The van der Waals surface area contributed by atoms with Crippen molar-refractivity contribution in [1.29, 1.82) is 0 Å². The number of methoxy groups -OCH3 is 1. The number of carbonyl (C=O) groups is 1. The summed E-state index contributed by atoms with van der Waals surface area (Å²) in [4.78, 5) is 15.8. The molecule has 0 radical (unpaired) electrons. The van der Waals surface area contributed by atoms with Crippen LogP contribution in [0.2, 0.25) is 0 Å². The Morgan fingerprint density at radius 2 is 1.86 bits per heavy atom. The Balaban J connectivity index is 1.93. The predicted molar refractivity (Wildman–Crippen MR) is 87.5 cm³/mol. The maximum absolute atomic E-state index is 11.4. The fraction of sp³-hybridized carbons (Fsp3) is 0.111. The number of rotatable bonds is 3. The molecule has 110 valence electrons. The van der Waals surface area contributed by atoms with Crippen LogP contribution in [0.4, 0.5) is 11.4 Å². The molecule has 4 heteroatoms. The van der Waals surface area contributed by atoms with Gasteiger partial charge in [-0.05, 0) is 49.4 Å². The van der Waals surface area contributed by atoms with Crippen molar-refractivity contribution in [3.8, 4) is 0 Å². The molecular formula is C18H16N2O2. The van der Waals surface area contributed by atoms with Gasteiger partial charge in [-0.3, -0.25) is 4.98 Å². The van der Waals surface area contributed by atoms with Gasteiger partial charge in [0.2, 0.25) is 0 Å². The Morgan fingerprint density at radius 3 is 2.59 bits per heavy atom. The molecule has 1 N–H and O–H groups in total. The SMILES string of the molecule is COC(=O)c1ccc(Nc2ccnc3ccc(C)cc23)cc1. The average Bonchev–Trinajstić information content (AvgIpc) is 2.55. The number of aromatic nitrogens is 1. The van der Waals surface area contributed by atoms with E-state index in [1.807, 2.05) is 30.3 Å². The highest BCUT2D eigenvalue weighted by molar-refractivity contribution is 5.94. The molecule has 0 spiro atoms. The van der Waals surface area contributed by atoms with E-state index in [-0.39, 0.29) is 5.97 Å². The predicted octanol–water partition coefficient (Wildman–Crippen LogP) is 4.07. The van der Waals surface area contributed by atoms with Gasteiger partial charge in [0, 0.05) is 23.0 Å². The molecule has 3 aromatic rings. The summed E-state index contributed by atoms with van der Waals surface area (Å²) in [5.41, 5.74) is 4.55. The van der Waals surface area contributed by atoms with Gasteiger partial charge < -0.3 is 10.1 Å². The van der Waals surface area contributed by atoms with E-state index in [4.69, 9.17) is 4.74 Å². The van der Waals surface area contributed by atoms with Gasteiger partial charge in [0.05, 0.1) is 18.2 Å². The van der Waals surface area contributed by atoms with Gasteiger partial charge in [0.1, 0.15) is 0 Å². The van der Waals surface area contributed by atoms with E-state index < -0.39 is 0 Å². The summed E-state index contributed by atoms with van der Waals surface area (Å²) < 4.78 is 4.70. The molecule has 0 aliphatic rings. The Bertz CT molecular complexity index is 826. The van der Waals surface area contributed by atoms with Crippen molar-refractivity contribution < 1.29 is 9.53 Å². The van der Waals surface area contributed by atoms with Crippen molar-refractivity contribution in [3.63, 3.8) is 0 Å². The first-order valence-electron chi connectivity index (χ1n) is 6.98. The Morgan fingerprint density at radius 1 is 1.09 bits per heavy atom. The first-order chi connectivity index (χ1) is 10.7. The normalized spacial score (nSPS) is 10.5. The molecule has 4 nitrogen and oxygen atoms in total. The van der Waals surface area contributed by atoms with E-state index in [9.17, 15) is 4.79 Å². The third kappa shape index (κ3) is 2.76. The van der Waals surface area contributed by atoms with E-state index in [0.717, 1.165) is 22.3 Å². The Labute approximate surface area is 128 Å². The molecule has 0 saturated carbocycles. The van der Waals surface area contributed by atoms with Crippen molar-refractivity contribution >= 4 is 28.2 Å². The number of nitrogens with zero attached hydrogens (tertiary/aromatic N) is 1. The molecule has 3 rings (SSSR count). The lowest BCUT2D eigenvalue weighted by Crippen LogP contribution is -2.01. The molecular weight excluding hydrogens is 276 g/mol. The molecule has 1 aromatic heterocycles. The molecule has 0 atom stereocenters. The number of nitrogens with one attached hydrogen (secondary N) is 1. The second kappa shape index (κ2) is 5.85. The number of pyridine rings is 1. The third-order valence-electron chi connectivity index (χ3n) is 3.48.